The molecular weight excluding hydrogens is 454 g/mol. The summed E-state index contributed by atoms with van der Waals surface area (Å²) in [4.78, 5) is 29.0. The van der Waals surface area contributed by atoms with E-state index in [-0.39, 0.29) is 18.1 Å². The Morgan fingerprint density at radius 1 is 0.972 bits per heavy atom. The van der Waals surface area contributed by atoms with Crippen LogP contribution in [0.4, 0.5) is 0 Å². The lowest BCUT2D eigenvalue weighted by molar-refractivity contribution is -0.160. The van der Waals surface area contributed by atoms with Gasteiger partial charge in [-0.2, -0.15) is 5.10 Å². The molecule has 190 valence electrons. The van der Waals surface area contributed by atoms with Gasteiger partial charge in [0.15, 0.2) is 0 Å². The van der Waals surface area contributed by atoms with Crippen LogP contribution in [0.1, 0.15) is 46.5 Å². The summed E-state index contributed by atoms with van der Waals surface area (Å²) in [6.45, 7) is 6.69. The lowest BCUT2D eigenvalue weighted by atomic mass is 9.82. The van der Waals surface area contributed by atoms with Crippen molar-refractivity contribution in [1.29, 1.82) is 0 Å². The first kappa shape index (κ1) is 25.8. The molecule has 0 spiro atoms. The largest absolute Gasteiger partial charge is 0.458 e. The van der Waals surface area contributed by atoms with Crippen molar-refractivity contribution in [3.8, 4) is 22.4 Å². The Morgan fingerprint density at radius 2 is 1.64 bits per heavy atom. The predicted octanol–water partition coefficient (Wildman–Crippen LogP) is 5.14. The highest BCUT2D eigenvalue weighted by Gasteiger charge is 2.24. The number of carbonyl (C=O) groups is 1. The predicted molar refractivity (Wildman–Crippen MR) is 139 cm³/mol. The monoisotopic (exact) mass is 489 g/mol. The minimum Gasteiger partial charge on any atom is -0.458 e. The van der Waals surface area contributed by atoms with Gasteiger partial charge in [-0.1, -0.05) is 30.3 Å². The van der Waals surface area contributed by atoms with Crippen molar-refractivity contribution in [1.82, 2.24) is 14.8 Å². The van der Waals surface area contributed by atoms with Gasteiger partial charge in [-0.05, 0) is 76.0 Å². The number of rotatable bonds is 8. The van der Waals surface area contributed by atoms with Gasteiger partial charge in [-0.25, -0.2) is 9.48 Å². The smallest absolute Gasteiger partial charge is 0.332 e. The number of aromatic nitrogens is 3. The van der Waals surface area contributed by atoms with E-state index in [9.17, 15) is 9.59 Å². The summed E-state index contributed by atoms with van der Waals surface area (Å²) >= 11 is 0. The highest BCUT2D eigenvalue weighted by atomic mass is 16.6. The second kappa shape index (κ2) is 11.6. The van der Waals surface area contributed by atoms with Crippen molar-refractivity contribution in [3.05, 3.63) is 71.3 Å². The van der Waals surface area contributed by atoms with E-state index in [1.807, 2.05) is 63.2 Å². The first-order valence-electron chi connectivity index (χ1n) is 12.7. The minimum absolute atomic E-state index is 0.0118. The molecule has 1 saturated carbocycles. The molecule has 0 atom stereocenters. The zero-order valence-corrected chi connectivity index (χ0v) is 21.4. The summed E-state index contributed by atoms with van der Waals surface area (Å²) in [7, 11) is 0. The van der Waals surface area contributed by atoms with Crippen molar-refractivity contribution < 1.29 is 14.3 Å². The van der Waals surface area contributed by atoms with Crippen molar-refractivity contribution in [2.24, 2.45) is 11.8 Å². The molecule has 0 radical (unpaired) electrons. The molecule has 36 heavy (non-hydrogen) atoms. The van der Waals surface area contributed by atoms with E-state index >= 15 is 0 Å². The fourth-order valence-corrected chi connectivity index (χ4v) is 4.69. The first-order chi connectivity index (χ1) is 17.3. The maximum atomic E-state index is 13.1. The van der Waals surface area contributed by atoms with Crippen LogP contribution >= 0.6 is 0 Å². The molecule has 0 aliphatic heterocycles. The number of ether oxygens (including phenoxy) is 2. The lowest BCUT2D eigenvalue weighted by Gasteiger charge is -2.28. The molecule has 7 nitrogen and oxygen atoms in total. The van der Waals surface area contributed by atoms with Crippen molar-refractivity contribution in [2.45, 2.75) is 58.6 Å². The van der Waals surface area contributed by atoms with Crippen LogP contribution in [0.15, 0.2) is 65.7 Å². The van der Waals surface area contributed by atoms with Gasteiger partial charge in [0.05, 0.1) is 12.3 Å². The molecule has 2 aromatic heterocycles. The molecule has 4 rings (SSSR count). The van der Waals surface area contributed by atoms with E-state index in [1.54, 1.807) is 23.1 Å². The van der Waals surface area contributed by atoms with Crippen LogP contribution in [0, 0.1) is 11.8 Å². The van der Waals surface area contributed by atoms with Crippen LogP contribution in [0.2, 0.25) is 0 Å². The van der Waals surface area contributed by atoms with Gasteiger partial charge in [0.25, 0.3) is 5.56 Å². The zero-order valence-electron chi connectivity index (χ0n) is 21.4. The molecule has 0 bridgehead atoms. The molecule has 7 heteroatoms. The number of hydrogen-bond donors (Lipinski definition) is 0. The van der Waals surface area contributed by atoms with Crippen molar-refractivity contribution >= 4 is 5.97 Å². The van der Waals surface area contributed by atoms with Gasteiger partial charge >= 0.3 is 5.97 Å². The summed E-state index contributed by atoms with van der Waals surface area (Å²) in [5, 5.41) is 4.83. The fraction of sp³-hybridized carbons (Fsp3) is 0.448. The summed E-state index contributed by atoms with van der Waals surface area (Å²) < 4.78 is 12.5. The Hall–Kier alpha value is -3.32. The molecular formula is C29H35N3O4. The maximum Gasteiger partial charge on any atom is 0.332 e. The summed E-state index contributed by atoms with van der Waals surface area (Å²) in [5.74, 6) is 0.469. The Labute approximate surface area is 212 Å². The van der Waals surface area contributed by atoms with Gasteiger partial charge in [0.2, 0.25) is 0 Å². The zero-order chi connectivity index (χ0) is 25.5. The molecule has 1 aliphatic rings. The second-order valence-corrected chi connectivity index (χ2v) is 10.5. The van der Waals surface area contributed by atoms with E-state index in [4.69, 9.17) is 14.6 Å². The SMILES string of the molecule is CC(C)(C)OC(=O)COCC1CCC(Cn2nc(-c3ccncc3)c(-c3ccccc3)cc2=O)CC1. The first-order valence-corrected chi connectivity index (χ1v) is 12.7. The summed E-state index contributed by atoms with van der Waals surface area (Å²) in [6.07, 6.45) is 7.50. The normalized spacial score (nSPS) is 18.1. The lowest BCUT2D eigenvalue weighted by Crippen LogP contribution is -2.30. The van der Waals surface area contributed by atoms with Gasteiger partial charge in [-0.3, -0.25) is 9.78 Å². The maximum absolute atomic E-state index is 13.1. The van der Waals surface area contributed by atoms with E-state index in [0.717, 1.165) is 48.1 Å². The minimum atomic E-state index is -0.499. The average Bonchev–Trinajstić information content (AvgIpc) is 2.86. The highest BCUT2D eigenvalue weighted by molar-refractivity contribution is 5.79. The molecule has 0 saturated heterocycles. The van der Waals surface area contributed by atoms with Crippen LogP contribution in [-0.2, 0) is 20.8 Å². The second-order valence-electron chi connectivity index (χ2n) is 10.5. The Balaban J connectivity index is 1.39. The molecule has 3 aromatic rings. The molecule has 1 aromatic carbocycles. The standard InChI is InChI=1S/C29H35N3O4/c1-29(2,3)36-27(34)20-35-19-22-11-9-21(10-12-22)18-32-26(33)17-25(23-7-5-4-6-8-23)28(31-32)24-13-15-30-16-14-24/h4-8,13-17,21-22H,9-12,18-20H2,1-3H3. The third-order valence-electron chi connectivity index (χ3n) is 6.43. The van der Waals surface area contributed by atoms with Crippen LogP contribution in [-0.4, -0.2) is 39.5 Å². The van der Waals surface area contributed by atoms with Crippen LogP contribution in [0.25, 0.3) is 22.4 Å². The van der Waals surface area contributed by atoms with Gasteiger partial charge in [0.1, 0.15) is 12.2 Å². The quantitative estimate of drug-likeness (QED) is 0.408. The third kappa shape index (κ3) is 7.10. The number of pyridine rings is 1. The van der Waals surface area contributed by atoms with E-state index in [1.165, 1.54) is 0 Å². The number of hydrogen-bond acceptors (Lipinski definition) is 6. The summed E-state index contributed by atoms with van der Waals surface area (Å²) in [6, 6.07) is 15.4. The Morgan fingerprint density at radius 3 is 2.31 bits per heavy atom. The number of nitrogens with zero attached hydrogens (tertiary/aromatic N) is 3. The Kier molecular flexibility index (Phi) is 8.31. The molecule has 0 unspecified atom stereocenters. The summed E-state index contributed by atoms with van der Waals surface area (Å²) in [5.41, 5.74) is 2.92. The highest BCUT2D eigenvalue weighted by Crippen LogP contribution is 2.31. The average molecular weight is 490 g/mol. The van der Waals surface area contributed by atoms with Crippen LogP contribution in [0.5, 0.6) is 0 Å². The number of carbonyl (C=O) groups excluding carboxylic acids is 1. The van der Waals surface area contributed by atoms with Crippen molar-refractivity contribution in [2.75, 3.05) is 13.2 Å². The molecule has 1 fully saturated rings. The van der Waals surface area contributed by atoms with Crippen molar-refractivity contribution in [3.63, 3.8) is 0 Å². The Bertz CT molecular complexity index is 1190. The van der Waals surface area contributed by atoms with Gasteiger partial charge in [-0.15, -0.1) is 0 Å². The molecule has 1 aliphatic carbocycles. The van der Waals surface area contributed by atoms with Gasteiger partial charge in [0, 0.05) is 36.1 Å². The molecule has 2 heterocycles. The van der Waals surface area contributed by atoms with E-state index in [2.05, 4.69) is 4.98 Å². The molecule has 0 amide bonds. The number of esters is 1. The molecule has 0 N–H and O–H groups in total. The van der Waals surface area contributed by atoms with Crippen LogP contribution in [0.3, 0.4) is 0 Å². The fourth-order valence-electron chi connectivity index (χ4n) is 4.69. The van der Waals surface area contributed by atoms with E-state index < -0.39 is 5.60 Å². The number of benzene rings is 1. The van der Waals surface area contributed by atoms with E-state index in [0.29, 0.717) is 25.0 Å². The third-order valence-corrected chi connectivity index (χ3v) is 6.43. The topological polar surface area (TPSA) is 83.3 Å². The van der Waals surface area contributed by atoms with Crippen LogP contribution < -0.4 is 5.56 Å². The van der Waals surface area contributed by atoms with Gasteiger partial charge < -0.3 is 9.47 Å².